The fourth-order valence-corrected chi connectivity index (χ4v) is 3.04. The molecule has 1 aromatic rings. The van der Waals surface area contributed by atoms with Gasteiger partial charge in [-0.2, -0.15) is 0 Å². The third-order valence-corrected chi connectivity index (χ3v) is 4.16. The van der Waals surface area contributed by atoms with Crippen LogP contribution in [-0.4, -0.2) is 21.7 Å². The molecule has 0 unspecified atom stereocenters. The Balaban J connectivity index is 1.91. The minimum atomic E-state index is -0.635. The zero-order chi connectivity index (χ0) is 14.2. The third-order valence-electron chi connectivity index (χ3n) is 4.16. The number of aromatic nitrogens is 1. The van der Waals surface area contributed by atoms with Gasteiger partial charge in [0.15, 0.2) is 0 Å². The van der Waals surface area contributed by atoms with Crippen LogP contribution in [0.5, 0.6) is 0 Å². The first-order valence-electron chi connectivity index (χ1n) is 6.81. The second kappa shape index (κ2) is 4.86. The molecular formula is C14H16N2O4. The maximum Gasteiger partial charge on any atom is 0.334 e. The van der Waals surface area contributed by atoms with Gasteiger partial charge in [0, 0.05) is 24.6 Å². The Labute approximate surface area is 115 Å². The fourth-order valence-electron chi connectivity index (χ4n) is 3.04. The van der Waals surface area contributed by atoms with Crippen LogP contribution in [0.3, 0.4) is 0 Å². The molecule has 0 aromatic carbocycles. The normalized spacial score (nSPS) is 25.7. The van der Waals surface area contributed by atoms with Crippen molar-refractivity contribution in [1.82, 2.24) is 4.57 Å². The summed E-state index contributed by atoms with van der Waals surface area (Å²) in [7, 11) is 0. The molecule has 2 aliphatic rings. The zero-order valence-electron chi connectivity index (χ0n) is 11.1. The maximum absolute atomic E-state index is 12.1. The van der Waals surface area contributed by atoms with E-state index >= 15 is 0 Å². The quantitative estimate of drug-likeness (QED) is 0.613. The monoisotopic (exact) mass is 276 g/mol. The van der Waals surface area contributed by atoms with Gasteiger partial charge in [-0.3, -0.25) is 19.5 Å². The van der Waals surface area contributed by atoms with Gasteiger partial charge in [-0.15, -0.1) is 0 Å². The predicted octanol–water partition coefficient (Wildman–Crippen LogP) is 2.33. The zero-order valence-corrected chi connectivity index (χ0v) is 11.1. The lowest BCUT2D eigenvalue weighted by atomic mass is 9.85. The summed E-state index contributed by atoms with van der Waals surface area (Å²) in [5.41, 5.74) is -0.175. The highest BCUT2D eigenvalue weighted by atomic mass is 16.6. The van der Waals surface area contributed by atoms with E-state index < -0.39 is 10.5 Å². The molecule has 6 nitrogen and oxygen atoms in total. The van der Waals surface area contributed by atoms with E-state index in [0.717, 1.165) is 38.0 Å². The number of nitrogens with zero attached hydrogens (tertiary/aromatic N) is 2. The van der Waals surface area contributed by atoms with E-state index in [4.69, 9.17) is 4.74 Å². The highest BCUT2D eigenvalue weighted by molar-refractivity contribution is 5.49. The van der Waals surface area contributed by atoms with Gasteiger partial charge in [0.05, 0.1) is 10.5 Å². The molecule has 1 aliphatic heterocycles. The molecule has 1 aliphatic carbocycles. The first-order valence-corrected chi connectivity index (χ1v) is 6.81. The summed E-state index contributed by atoms with van der Waals surface area (Å²) in [4.78, 5) is 22.3. The van der Waals surface area contributed by atoms with Crippen molar-refractivity contribution in [2.24, 2.45) is 0 Å². The number of nitro groups is 1. The van der Waals surface area contributed by atoms with Crippen molar-refractivity contribution in [3.8, 4) is 0 Å². The molecule has 1 spiro atoms. The number of hydrogen-bond acceptors (Lipinski definition) is 4. The fraction of sp³-hybridized carbons (Fsp3) is 0.500. The largest absolute Gasteiger partial charge is 0.375 e. The van der Waals surface area contributed by atoms with Crippen LogP contribution in [-0.2, 0) is 4.74 Å². The van der Waals surface area contributed by atoms with Gasteiger partial charge < -0.3 is 4.74 Å². The highest BCUT2D eigenvalue weighted by Gasteiger charge is 2.36. The molecule has 1 saturated heterocycles. The molecule has 0 bridgehead atoms. The Morgan fingerprint density at radius 3 is 2.85 bits per heavy atom. The average Bonchev–Trinajstić information content (AvgIpc) is 2.88. The van der Waals surface area contributed by atoms with Crippen LogP contribution in [0.2, 0.25) is 0 Å². The van der Waals surface area contributed by atoms with Gasteiger partial charge in [-0.05, 0) is 38.2 Å². The smallest absolute Gasteiger partial charge is 0.334 e. The van der Waals surface area contributed by atoms with E-state index in [1.165, 1.54) is 16.7 Å². The van der Waals surface area contributed by atoms with Gasteiger partial charge in [0.2, 0.25) is 0 Å². The van der Waals surface area contributed by atoms with E-state index in [-0.39, 0.29) is 11.3 Å². The second-order valence-electron chi connectivity index (χ2n) is 5.36. The molecule has 6 heteroatoms. The lowest BCUT2D eigenvalue weighted by molar-refractivity contribution is -0.386. The van der Waals surface area contributed by atoms with E-state index in [0.29, 0.717) is 6.42 Å². The molecule has 3 rings (SSSR count). The van der Waals surface area contributed by atoms with E-state index in [1.807, 2.05) is 6.08 Å². The predicted molar refractivity (Wildman–Crippen MR) is 73.4 cm³/mol. The van der Waals surface area contributed by atoms with Crippen LogP contribution < -0.4 is 5.56 Å². The minimum Gasteiger partial charge on any atom is -0.375 e. The highest BCUT2D eigenvalue weighted by Crippen LogP contribution is 2.39. The number of pyridine rings is 1. The minimum absolute atomic E-state index is 0.0617. The van der Waals surface area contributed by atoms with Crippen LogP contribution in [0.25, 0.3) is 5.70 Å². The van der Waals surface area contributed by atoms with Crippen molar-refractivity contribution in [2.75, 3.05) is 6.61 Å². The van der Waals surface area contributed by atoms with Crippen molar-refractivity contribution in [3.63, 3.8) is 0 Å². The maximum atomic E-state index is 12.1. The van der Waals surface area contributed by atoms with Crippen LogP contribution in [0.15, 0.2) is 29.2 Å². The molecule has 1 fully saturated rings. The van der Waals surface area contributed by atoms with Crippen molar-refractivity contribution in [3.05, 3.63) is 44.9 Å². The van der Waals surface area contributed by atoms with E-state index in [1.54, 1.807) is 6.20 Å². The van der Waals surface area contributed by atoms with Crippen LogP contribution >= 0.6 is 0 Å². The topological polar surface area (TPSA) is 74.4 Å². The molecule has 0 radical (unpaired) electrons. The van der Waals surface area contributed by atoms with E-state index in [9.17, 15) is 14.9 Å². The van der Waals surface area contributed by atoms with Crippen LogP contribution in [0.1, 0.15) is 32.1 Å². The average molecular weight is 276 g/mol. The SMILES string of the molecule is O=c1c([N+](=O)[O-])cccn1C1=CC[C@]2(CCCO2)CC1. The summed E-state index contributed by atoms with van der Waals surface area (Å²) in [5.74, 6) is 0. The Hall–Kier alpha value is -1.95. The summed E-state index contributed by atoms with van der Waals surface area (Å²) < 4.78 is 7.21. The molecule has 2 heterocycles. The summed E-state index contributed by atoms with van der Waals surface area (Å²) in [6.45, 7) is 0.805. The summed E-state index contributed by atoms with van der Waals surface area (Å²) in [6.07, 6.45) is 8.07. The first-order chi connectivity index (χ1) is 9.61. The van der Waals surface area contributed by atoms with Gasteiger partial charge in [-0.1, -0.05) is 6.08 Å². The number of hydrogen-bond donors (Lipinski definition) is 0. The van der Waals surface area contributed by atoms with E-state index in [2.05, 4.69) is 0 Å². The van der Waals surface area contributed by atoms with Crippen molar-refractivity contribution in [2.45, 2.75) is 37.7 Å². The number of rotatable bonds is 2. The Kier molecular flexibility index (Phi) is 3.17. The van der Waals surface area contributed by atoms with Crippen molar-refractivity contribution >= 4 is 11.4 Å². The molecular weight excluding hydrogens is 260 g/mol. The third kappa shape index (κ3) is 2.16. The lowest BCUT2D eigenvalue weighted by Gasteiger charge is -2.31. The molecule has 0 N–H and O–H groups in total. The summed E-state index contributed by atoms with van der Waals surface area (Å²) in [5, 5.41) is 10.8. The number of allylic oxidation sites excluding steroid dienone is 1. The Morgan fingerprint density at radius 2 is 2.25 bits per heavy atom. The Bertz CT molecular complexity index is 626. The van der Waals surface area contributed by atoms with Gasteiger partial charge >= 0.3 is 11.2 Å². The van der Waals surface area contributed by atoms with Crippen LogP contribution in [0, 0.1) is 10.1 Å². The first kappa shape index (κ1) is 13.1. The van der Waals surface area contributed by atoms with Gasteiger partial charge in [0.25, 0.3) is 0 Å². The molecule has 20 heavy (non-hydrogen) atoms. The van der Waals surface area contributed by atoms with Gasteiger partial charge in [-0.25, -0.2) is 0 Å². The molecule has 1 atom stereocenters. The van der Waals surface area contributed by atoms with Crippen molar-refractivity contribution in [1.29, 1.82) is 0 Å². The summed E-state index contributed by atoms with van der Waals surface area (Å²) in [6, 6.07) is 2.78. The van der Waals surface area contributed by atoms with Crippen molar-refractivity contribution < 1.29 is 9.66 Å². The lowest BCUT2D eigenvalue weighted by Crippen LogP contribution is -2.31. The van der Waals surface area contributed by atoms with Crippen LogP contribution in [0.4, 0.5) is 5.69 Å². The number of ether oxygens (including phenoxy) is 1. The molecule has 1 aromatic heterocycles. The molecule has 0 saturated carbocycles. The molecule has 106 valence electrons. The second-order valence-corrected chi connectivity index (χ2v) is 5.36. The Morgan fingerprint density at radius 1 is 1.40 bits per heavy atom. The van der Waals surface area contributed by atoms with Gasteiger partial charge in [0.1, 0.15) is 0 Å². The standard InChI is InChI=1S/C14H16N2O4/c17-13-12(16(18)19)3-1-9-15(13)11-4-7-14(8-5-11)6-2-10-20-14/h1,3-4,9H,2,5-8,10H2/t14-/m1/s1. The molecule has 0 amide bonds. The summed E-state index contributed by atoms with van der Waals surface area (Å²) >= 11 is 0.